The van der Waals surface area contributed by atoms with Gasteiger partial charge in [0.1, 0.15) is 5.75 Å². The van der Waals surface area contributed by atoms with Crippen LogP contribution in [0.1, 0.15) is 0 Å². The molecule has 0 saturated carbocycles. The first-order valence-corrected chi connectivity index (χ1v) is 6.67. The van der Waals surface area contributed by atoms with E-state index >= 15 is 0 Å². The largest absolute Gasteiger partial charge is 0.497 e. The average Bonchev–Trinajstić information content (AvgIpc) is 2.47. The Kier molecular flexibility index (Phi) is 3.29. The van der Waals surface area contributed by atoms with Crippen molar-refractivity contribution < 1.29 is 9.53 Å². The van der Waals surface area contributed by atoms with Crippen LogP contribution in [-0.4, -0.2) is 56.7 Å². The normalized spacial score (nSPS) is 23.2. The minimum absolute atomic E-state index is 0.227. The van der Waals surface area contributed by atoms with Gasteiger partial charge in [0.25, 0.3) is 0 Å². The van der Waals surface area contributed by atoms with Crippen LogP contribution in [0.15, 0.2) is 24.3 Å². The van der Waals surface area contributed by atoms with Crippen LogP contribution in [-0.2, 0) is 4.79 Å². The van der Waals surface area contributed by atoms with Gasteiger partial charge in [0, 0.05) is 31.9 Å². The molecule has 2 saturated heterocycles. The number of methoxy groups -OCH3 is 1. The van der Waals surface area contributed by atoms with E-state index in [0.29, 0.717) is 6.54 Å². The van der Waals surface area contributed by atoms with E-state index in [9.17, 15) is 4.79 Å². The summed E-state index contributed by atoms with van der Waals surface area (Å²) in [6.07, 6.45) is 0. The summed E-state index contributed by atoms with van der Waals surface area (Å²) in [5, 5.41) is 3.19. The van der Waals surface area contributed by atoms with Crippen LogP contribution in [0.3, 0.4) is 0 Å². The monoisotopic (exact) mass is 261 g/mol. The quantitative estimate of drug-likeness (QED) is 0.832. The van der Waals surface area contributed by atoms with Gasteiger partial charge in [-0.15, -0.1) is 0 Å². The standard InChI is InChI=1S/C14H19N3O2/c1-19-13-4-2-11(3-5-13)16-6-7-17-12(10-16)8-15-9-14(17)18/h2-5,12,15H,6-10H2,1H3. The molecule has 1 N–H and O–H groups in total. The summed E-state index contributed by atoms with van der Waals surface area (Å²) in [7, 11) is 1.67. The van der Waals surface area contributed by atoms with Crippen LogP contribution in [0.5, 0.6) is 5.75 Å². The number of nitrogens with zero attached hydrogens (tertiary/aromatic N) is 2. The Labute approximate surface area is 113 Å². The molecule has 0 bridgehead atoms. The molecule has 0 radical (unpaired) electrons. The predicted molar refractivity (Wildman–Crippen MR) is 73.6 cm³/mol. The van der Waals surface area contributed by atoms with Crippen molar-refractivity contribution in [2.24, 2.45) is 0 Å². The molecule has 2 heterocycles. The molecule has 102 valence electrons. The van der Waals surface area contributed by atoms with Gasteiger partial charge in [-0.25, -0.2) is 0 Å². The lowest BCUT2D eigenvalue weighted by Gasteiger charge is -2.45. The maximum atomic E-state index is 11.8. The predicted octanol–water partition coefficient (Wildman–Crippen LogP) is 0.316. The Morgan fingerprint density at radius 1 is 1.26 bits per heavy atom. The highest BCUT2D eigenvalue weighted by molar-refractivity contribution is 5.79. The number of rotatable bonds is 2. The zero-order valence-electron chi connectivity index (χ0n) is 11.1. The van der Waals surface area contributed by atoms with Crippen molar-refractivity contribution in [3.8, 4) is 5.75 Å². The molecule has 0 spiro atoms. The van der Waals surface area contributed by atoms with Crippen molar-refractivity contribution in [3.05, 3.63) is 24.3 Å². The minimum Gasteiger partial charge on any atom is -0.497 e. The molecule has 0 aliphatic carbocycles. The van der Waals surface area contributed by atoms with Crippen LogP contribution >= 0.6 is 0 Å². The van der Waals surface area contributed by atoms with Crippen molar-refractivity contribution in [2.75, 3.05) is 44.7 Å². The summed E-state index contributed by atoms with van der Waals surface area (Å²) in [6.45, 7) is 3.98. The molecule has 3 rings (SSSR count). The number of amides is 1. The highest BCUT2D eigenvalue weighted by Gasteiger charge is 2.32. The van der Waals surface area contributed by atoms with Gasteiger partial charge in [0.05, 0.1) is 19.7 Å². The first kappa shape index (κ1) is 12.3. The molecule has 1 aromatic carbocycles. The molecule has 19 heavy (non-hydrogen) atoms. The van der Waals surface area contributed by atoms with E-state index in [2.05, 4.69) is 22.3 Å². The van der Waals surface area contributed by atoms with Crippen LogP contribution in [0.25, 0.3) is 0 Å². The molecular formula is C14H19N3O2. The van der Waals surface area contributed by atoms with E-state index in [1.54, 1.807) is 7.11 Å². The third-order valence-corrected chi connectivity index (χ3v) is 3.90. The van der Waals surface area contributed by atoms with Gasteiger partial charge < -0.3 is 19.9 Å². The number of anilines is 1. The minimum atomic E-state index is 0.227. The van der Waals surface area contributed by atoms with Crippen molar-refractivity contribution in [1.29, 1.82) is 0 Å². The Balaban J connectivity index is 1.71. The number of fused-ring (bicyclic) bond motifs is 1. The Morgan fingerprint density at radius 3 is 2.79 bits per heavy atom. The highest BCUT2D eigenvalue weighted by atomic mass is 16.5. The van der Waals surface area contributed by atoms with Crippen molar-refractivity contribution in [2.45, 2.75) is 6.04 Å². The number of benzene rings is 1. The second kappa shape index (κ2) is 5.09. The van der Waals surface area contributed by atoms with Gasteiger partial charge in [-0.1, -0.05) is 0 Å². The topological polar surface area (TPSA) is 44.8 Å². The summed E-state index contributed by atoms with van der Waals surface area (Å²) >= 11 is 0. The Hall–Kier alpha value is -1.75. The van der Waals surface area contributed by atoms with Gasteiger partial charge in [-0.05, 0) is 24.3 Å². The van der Waals surface area contributed by atoms with Crippen LogP contribution in [0.4, 0.5) is 5.69 Å². The summed E-state index contributed by atoms with van der Waals surface area (Å²) in [4.78, 5) is 16.1. The van der Waals surface area contributed by atoms with E-state index in [1.165, 1.54) is 5.69 Å². The van der Waals surface area contributed by atoms with E-state index < -0.39 is 0 Å². The average molecular weight is 261 g/mol. The van der Waals surface area contributed by atoms with E-state index in [-0.39, 0.29) is 11.9 Å². The molecule has 5 nitrogen and oxygen atoms in total. The number of carbonyl (C=O) groups is 1. The molecule has 1 aromatic rings. The fourth-order valence-electron chi connectivity index (χ4n) is 2.83. The van der Waals surface area contributed by atoms with Crippen molar-refractivity contribution in [1.82, 2.24) is 10.2 Å². The molecule has 2 aliphatic heterocycles. The number of hydrogen-bond donors (Lipinski definition) is 1. The lowest BCUT2D eigenvalue weighted by molar-refractivity contribution is -0.135. The number of hydrogen-bond acceptors (Lipinski definition) is 4. The number of nitrogens with one attached hydrogen (secondary N) is 1. The zero-order valence-corrected chi connectivity index (χ0v) is 11.1. The molecule has 1 unspecified atom stereocenters. The second-order valence-corrected chi connectivity index (χ2v) is 5.02. The molecule has 2 fully saturated rings. The SMILES string of the molecule is COc1ccc(N2CCN3C(=O)CNCC3C2)cc1. The zero-order chi connectivity index (χ0) is 13.2. The molecule has 5 heteroatoms. The van der Waals surface area contributed by atoms with Gasteiger partial charge in [0.2, 0.25) is 5.91 Å². The third-order valence-electron chi connectivity index (χ3n) is 3.90. The smallest absolute Gasteiger partial charge is 0.236 e. The first-order chi connectivity index (χ1) is 9.28. The maximum absolute atomic E-state index is 11.8. The van der Waals surface area contributed by atoms with Gasteiger partial charge >= 0.3 is 0 Å². The number of piperazine rings is 2. The lowest BCUT2D eigenvalue weighted by Crippen LogP contribution is -2.63. The Bertz CT molecular complexity index is 460. The lowest BCUT2D eigenvalue weighted by atomic mass is 10.1. The maximum Gasteiger partial charge on any atom is 0.236 e. The summed E-state index contributed by atoms with van der Waals surface area (Å²) in [5.41, 5.74) is 1.19. The van der Waals surface area contributed by atoms with Crippen LogP contribution < -0.4 is 15.0 Å². The molecule has 1 amide bonds. The van der Waals surface area contributed by atoms with Crippen LogP contribution in [0, 0.1) is 0 Å². The van der Waals surface area contributed by atoms with E-state index in [0.717, 1.165) is 31.9 Å². The van der Waals surface area contributed by atoms with Crippen LogP contribution in [0.2, 0.25) is 0 Å². The molecule has 0 aromatic heterocycles. The second-order valence-electron chi connectivity index (χ2n) is 5.02. The molecule has 1 atom stereocenters. The molecule has 2 aliphatic rings. The summed E-state index contributed by atoms with van der Waals surface area (Å²) in [5.74, 6) is 1.10. The third kappa shape index (κ3) is 2.38. The van der Waals surface area contributed by atoms with Gasteiger partial charge in [0.15, 0.2) is 0 Å². The van der Waals surface area contributed by atoms with Gasteiger partial charge in [-0.3, -0.25) is 4.79 Å². The van der Waals surface area contributed by atoms with E-state index in [4.69, 9.17) is 4.74 Å². The van der Waals surface area contributed by atoms with E-state index in [1.807, 2.05) is 17.0 Å². The Morgan fingerprint density at radius 2 is 2.05 bits per heavy atom. The van der Waals surface area contributed by atoms with Crippen molar-refractivity contribution >= 4 is 11.6 Å². The summed E-state index contributed by atoms with van der Waals surface area (Å²) in [6, 6.07) is 8.40. The van der Waals surface area contributed by atoms with Crippen molar-refractivity contribution in [3.63, 3.8) is 0 Å². The fraction of sp³-hybridized carbons (Fsp3) is 0.500. The van der Waals surface area contributed by atoms with Gasteiger partial charge in [-0.2, -0.15) is 0 Å². The number of carbonyl (C=O) groups excluding carboxylic acids is 1. The first-order valence-electron chi connectivity index (χ1n) is 6.67. The molecular weight excluding hydrogens is 242 g/mol. The summed E-state index contributed by atoms with van der Waals surface area (Å²) < 4.78 is 5.18. The fourth-order valence-corrected chi connectivity index (χ4v) is 2.83. The number of ether oxygens (including phenoxy) is 1. The highest BCUT2D eigenvalue weighted by Crippen LogP contribution is 2.22.